The van der Waals surface area contributed by atoms with E-state index in [2.05, 4.69) is 21.9 Å². The molecule has 56 valence electrons. The highest BCUT2D eigenvalue weighted by atomic mass is 14.9. The molecule has 0 atom stereocenters. The van der Waals surface area contributed by atoms with E-state index in [1.165, 1.54) is 12.7 Å². The molecule has 10 heavy (non-hydrogen) atoms. The van der Waals surface area contributed by atoms with Crippen molar-refractivity contribution < 1.29 is 0 Å². The Kier molecular flexibility index (Phi) is 7.22. The minimum absolute atomic E-state index is 0.840. The van der Waals surface area contributed by atoms with Crippen molar-refractivity contribution in [3.05, 3.63) is 0 Å². The number of aliphatic imine (C=N–C) groups is 3. The van der Waals surface area contributed by atoms with Gasteiger partial charge in [-0.05, 0) is 13.3 Å². The molecule has 3 nitrogen and oxygen atoms in total. The highest BCUT2D eigenvalue weighted by Gasteiger charge is 1.68. The Balaban J connectivity index is 3.32. The van der Waals surface area contributed by atoms with Crippen molar-refractivity contribution in [1.82, 2.24) is 0 Å². The van der Waals surface area contributed by atoms with Crippen molar-refractivity contribution in [3.8, 4) is 0 Å². The molecule has 0 N–H and O–H groups in total. The molecule has 0 bridgehead atoms. The lowest BCUT2D eigenvalue weighted by Gasteiger charge is -1.79. The van der Waals surface area contributed by atoms with Gasteiger partial charge in [0.25, 0.3) is 0 Å². The van der Waals surface area contributed by atoms with Gasteiger partial charge in [-0.3, -0.25) is 4.99 Å². The monoisotopic (exact) mass is 139 g/mol. The summed E-state index contributed by atoms with van der Waals surface area (Å²) in [6.07, 6.45) is 5.73. The molecule has 0 aromatic heterocycles. The molecule has 0 amide bonds. The summed E-state index contributed by atoms with van der Waals surface area (Å²) in [4.78, 5) is 11.5. The van der Waals surface area contributed by atoms with Crippen LogP contribution < -0.4 is 0 Å². The van der Waals surface area contributed by atoms with E-state index < -0.39 is 0 Å². The largest absolute Gasteiger partial charge is 0.273 e. The molecule has 0 aliphatic rings. The van der Waals surface area contributed by atoms with Crippen LogP contribution in [0.5, 0.6) is 0 Å². The zero-order valence-corrected chi connectivity index (χ0v) is 6.49. The Morgan fingerprint density at radius 3 is 2.60 bits per heavy atom. The van der Waals surface area contributed by atoms with Gasteiger partial charge in [0, 0.05) is 12.8 Å². The lowest BCUT2D eigenvalue weighted by molar-refractivity contribution is 0.935. The SMILES string of the molecule is CC=NC=NC=NCCC. The molecular weight excluding hydrogens is 126 g/mol. The molecule has 0 radical (unpaired) electrons. The van der Waals surface area contributed by atoms with E-state index in [4.69, 9.17) is 0 Å². The first-order valence-electron chi connectivity index (χ1n) is 3.39. The average Bonchev–Trinajstić information content (AvgIpc) is 1.97. The fraction of sp³-hybridized carbons (Fsp3) is 0.571. The van der Waals surface area contributed by atoms with Crippen molar-refractivity contribution in [1.29, 1.82) is 0 Å². The van der Waals surface area contributed by atoms with Gasteiger partial charge in [-0.1, -0.05) is 6.92 Å². The van der Waals surface area contributed by atoms with E-state index in [-0.39, 0.29) is 0 Å². The first kappa shape index (κ1) is 9.01. The molecule has 0 saturated carbocycles. The second-order valence-corrected chi connectivity index (χ2v) is 1.69. The predicted octanol–water partition coefficient (Wildman–Crippen LogP) is 1.54. The van der Waals surface area contributed by atoms with Gasteiger partial charge in [0.1, 0.15) is 12.7 Å². The van der Waals surface area contributed by atoms with Gasteiger partial charge in [0.15, 0.2) is 0 Å². The van der Waals surface area contributed by atoms with Gasteiger partial charge in [-0.25, -0.2) is 9.98 Å². The highest BCUT2D eigenvalue weighted by molar-refractivity contribution is 5.77. The lowest BCUT2D eigenvalue weighted by Crippen LogP contribution is -1.75. The van der Waals surface area contributed by atoms with Crippen molar-refractivity contribution in [2.75, 3.05) is 6.54 Å². The summed E-state index contributed by atoms with van der Waals surface area (Å²) in [7, 11) is 0. The highest BCUT2D eigenvalue weighted by Crippen LogP contribution is 1.74. The molecule has 0 saturated heterocycles. The second-order valence-electron chi connectivity index (χ2n) is 1.69. The summed E-state index contributed by atoms with van der Waals surface area (Å²) in [5.74, 6) is 0. The minimum Gasteiger partial charge on any atom is -0.273 e. The average molecular weight is 139 g/mol. The van der Waals surface area contributed by atoms with E-state index in [0.29, 0.717) is 0 Å². The van der Waals surface area contributed by atoms with Crippen LogP contribution in [-0.4, -0.2) is 25.4 Å². The van der Waals surface area contributed by atoms with E-state index in [9.17, 15) is 0 Å². The third-order valence-corrected chi connectivity index (χ3v) is 0.783. The van der Waals surface area contributed by atoms with Crippen LogP contribution in [0.15, 0.2) is 15.0 Å². The molecule has 0 unspecified atom stereocenters. The molecule has 0 aromatic rings. The maximum absolute atomic E-state index is 3.96. The molecule has 0 rings (SSSR count). The standard InChI is InChI=1S/C7H13N3/c1-3-5-9-7-10-6-8-4-2/h4,6-7H,3,5H2,1-2H3. The molecule has 0 spiro atoms. The van der Waals surface area contributed by atoms with Crippen LogP contribution in [0, 0.1) is 0 Å². The molecule has 0 aromatic carbocycles. The summed E-state index contributed by atoms with van der Waals surface area (Å²) in [6, 6.07) is 0. The summed E-state index contributed by atoms with van der Waals surface area (Å²) in [5, 5.41) is 0. The number of rotatable bonds is 4. The van der Waals surface area contributed by atoms with Crippen molar-refractivity contribution in [2.24, 2.45) is 15.0 Å². The maximum atomic E-state index is 3.96. The first-order chi connectivity index (χ1) is 4.91. The molecule has 0 fully saturated rings. The second kappa shape index (κ2) is 8.01. The van der Waals surface area contributed by atoms with Crippen LogP contribution >= 0.6 is 0 Å². The van der Waals surface area contributed by atoms with Gasteiger partial charge >= 0.3 is 0 Å². The lowest BCUT2D eigenvalue weighted by atomic mass is 10.5. The van der Waals surface area contributed by atoms with Crippen LogP contribution in [0.4, 0.5) is 0 Å². The van der Waals surface area contributed by atoms with Crippen LogP contribution in [-0.2, 0) is 0 Å². The molecular formula is C7H13N3. The summed E-state index contributed by atoms with van der Waals surface area (Å²) in [5.41, 5.74) is 0. The Bertz CT molecular complexity index is 136. The van der Waals surface area contributed by atoms with Gasteiger partial charge in [-0.15, -0.1) is 0 Å². The first-order valence-corrected chi connectivity index (χ1v) is 3.39. The summed E-state index contributed by atoms with van der Waals surface area (Å²) in [6.45, 7) is 4.76. The van der Waals surface area contributed by atoms with Gasteiger partial charge in [0.05, 0.1) is 0 Å². The number of hydrogen-bond acceptors (Lipinski definition) is 1. The van der Waals surface area contributed by atoms with Gasteiger partial charge < -0.3 is 0 Å². The Morgan fingerprint density at radius 2 is 2.00 bits per heavy atom. The van der Waals surface area contributed by atoms with Crippen LogP contribution in [0.2, 0.25) is 0 Å². The quantitative estimate of drug-likeness (QED) is 0.418. The van der Waals surface area contributed by atoms with E-state index in [1.807, 2.05) is 6.92 Å². The molecule has 0 aliphatic carbocycles. The smallest absolute Gasteiger partial charge is 0.116 e. The van der Waals surface area contributed by atoms with Crippen LogP contribution in [0.25, 0.3) is 0 Å². The Labute approximate surface area is 61.6 Å². The Morgan fingerprint density at radius 1 is 1.20 bits per heavy atom. The van der Waals surface area contributed by atoms with Gasteiger partial charge in [-0.2, -0.15) is 0 Å². The topological polar surface area (TPSA) is 37.1 Å². The fourth-order valence-corrected chi connectivity index (χ4v) is 0.369. The maximum Gasteiger partial charge on any atom is 0.116 e. The molecule has 0 aliphatic heterocycles. The third-order valence-electron chi connectivity index (χ3n) is 0.783. The van der Waals surface area contributed by atoms with Crippen LogP contribution in [0.1, 0.15) is 20.3 Å². The zero-order chi connectivity index (χ0) is 7.66. The van der Waals surface area contributed by atoms with E-state index >= 15 is 0 Å². The molecule has 0 heterocycles. The fourth-order valence-electron chi connectivity index (χ4n) is 0.369. The minimum atomic E-state index is 0.840. The third kappa shape index (κ3) is 7.01. The van der Waals surface area contributed by atoms with E-state index in [0.717, 1.165) is 13.0 Å². The number of hydrogen-bond donors (Lipinski definition) is 0. The number of nitrogens with zero attached hydrogens (tertiary/aromatic N) is 3. The van der Waals surface area contributed by atoms with Crippen molar-refractivity contribution in [3.63, 3.8) is 0 Å². The Hall–Kier alpha value is -0.990. The van der Waals surface area contributed by atoms with E-state index in [1.54, 1.807) is 6.21 Å². The summed E-state index contributed by atoms with van der Waals surface area (Å²) >= 11 is 0. The normalized spacial score (nSPS) is 12.6. The van der Waals surface area contributed by atoms with Crippen molar-refractivity contribution in [2.45, 2.75) is 20.3 Å². The van der Waals surface area contributed by atoms with Crippen LogP contribution in [0.3, 0.4) is 0 Å². The predicted molar refractivity (Wildman–Crippen MR) is 46.3 cm³/mol. The van der Waals surface area contributed by atoms with Gasteiger partial charge in [0.2, 0.25) is 0 Å². The van der Waals surface area contributed by atoms with Crippen molar-refractivity contribution >= 4 is 18.9 Å². The molecule has 3 heteroatoms. The zero-order valence-electron chi connectivity index (χ0n) is 6.49. The summed E-state index contributed by atoms with van der Waals surface area (Å²) < 4.78 is 0.